The van der Waals surface area contributed by atoms with E-state index in [0.29, 0.717) is 6.42 Å². The average Bonchev–Trinajstić information content (AvgIpc) is 2.02. The van der Waals surface area contributed by atoms with Crippen LogP contribution in [-0.2, 0) is 4.79 Å². The molecule has 0 aromatic rings. The van der Waals surface area contributed by atoms with Crippen molar-refractivity contribution in [3.05, 3.63) is 0 Å². The summed E-state index contributed by atoms with van der Waals surface area (Å²) >= 11 is 0. The van der Waals surface area contributed by atoms with E-state index in [0.717, 1.165) is 12.8 Å². The maximum Gasteiger partial charge on any atom is 0.303 e. The van der Waals surface area contributed by atoms with Gasteiger partial charge in [-0.15, -0.1) is 24.8 Å². The Morgan fingerprint density at radius 3 is 1.79 bits per heavy atom. The van der Waals surface area contributed by atoms with E-state index in [1.807, 2.05) is 0 Å². The van der Waals surface area contributed by atoms with E-state index in [9.17, 15) is 4.79 Å². The van der Waals surface area contributed by atoms with Gasteiger partial charge < -0.3 is 5.11 Å². The quantitative estimate of drug-likeness (QED) is 0.655. The number of unbranched alkanes of at least 4 members (excludes halogenated alkanes) is 6. The highest BCUT2D eigenvalue weighted by atomic mass is 35.5. The lowest BCUT2D eigenvalue weighted by Crippen LogP contribution is -1.93. The van der Waals surface area contributed by atoms with Crippen molar-refractivity contribution in [2.45, 2.75) is 58.3 Å². The lowest BCUT2D eigenvalue weighted by atomic mass is 10.1. The van der Waals surface area contributed by atoms with E-state index < -0.39 is 5.97 Å². The van der Waals surface area contributed by atoms with Crippen LogP contribution in [0.5, 0.6) is 0 Å². The third-order valence-corrected chi connectivity index (χ3v) is 1.99. The molecule has 0 saturated heterocycles. The second-order valence-corrected chi connectivity index (χ2v) is 3.27. The zero-order valence-corrected chi connectivity index (χ0v) is 10.5. The highest BCUT2D eigenvalue weighted by Crippen LogP contribution is 2.07. The number of hydrogen-bond donors (Lipinski definition) is 1. The number of aliphatic carboxylic acids is 1. The summed E-state index contributed by atoms with van der Waals surface area (Å²) in [5, 5.41) is 8.35. The highest BCUT2D eigenvalue weighted by Gasteiger charge is 1.95. The van der Waals surface area contributed by atoms with Crippen LogP contribution in [0.2, 0.25) is 0 Å². The van der Waals surface area contributed by atoms with E-state index in [4.69, 9.17) is 5.11 Å². The van der Waals surface area contributed by atoms with Crippen molar-refractivity contribution >= 4 is 30.8 Å². The van der Waals surface area contributed by atoms with Crippen molar-refractivity contribution in [2.75, 3.05) is 0 Å². The molecule has 0 amide bonds. The van der Waals surface area contributed by atoms with Gasteiger partial charge in [-0.1, -0.05) is 45.4 Å². The molecule has 0 aliphatic rings. The van der Waals surface area contributed by atoms with Crippen LogP contribution in [0.25, 0.3) is 0 Å². The number of hydrogen-bond acceptors (Lipinski definition) is 1. The standard InChI is InChI=1S/C10H20O2.2ClH/c1-2-3-4-5-6-7-8-9-10(11)12;;/h2-9H2,1H3,(H,11,12);2*1H. The number of rotatable bonds is 8. The van der Waals surface area contributed by atoms with Gasteiger partial charge in [0.05, 0.1) is 0 Å². The summed E-state index contributed by atoms with van der Waals surface area (Å²) in [6, 6.07) is 0. The summed E-state index contributed by atoms with van der Waals surface area (Å²) in [6.07, 6.45) is 8.64. The minimum absolute atomic E-state index is 0. The van der Waals surface area contributed by atoms with Crippen molar-refractivity contribution in [1.82, 2.24) is 0 Å². The first-order valence-corrected chi connectivity index (χ1v) is 4.99. The van der Waals surface area contributed by atoms with Gasteiger partial charge in [-0.05, 0) is 6.42 Å². The third-order valence-electron chi connectivity index (χ3n) is 1.99. The van der Waals surface area contributed by atoms with Gasteiger partial charge in [-0.2, -0.15) is 0 Å². The van der Waals surface area contributed by atoms with Gasteiger partial charge in [0.25, 0.3) is 0 Å². The van der Waals surface area contributed by atoms with Gasteiger partial charge in [0, 0.05) is 6.42 Å². The molecule has 88 valence electrons. The first-order valence-electron chi connectivity index (χ1n) is 4.99. The molecule has 0 aromatic carbocycles. The highest BCUT2D eigenvalue weighted by molar-refractivity contribution is 5.85. The molecule has 0 heterocycles. The first kappa shape index (κ1) is 19.6. The van der Waals surface area contributed by atoms with E-state index >= 15 is 0 Å². The fourth-order valence-electron chi connectivity index (χ4n) is 1.23. The largest absolute Gasteiger partial charge is 0.481 e. The Balaban J connectivity index is -0.000000605. The molecule has 0 radical (unpaired) electrons. The van der Waals surface area contributed by atoms with E-state index in [1.54, 1.807) is 0 Å². The van der Waals surface area contributed by atoms with E-state index in [-0.39, 0.29) is 24.8 Å². The van der Waals surface area contributed by atoms with E-state index in [2.05, 4.69) is 6.92 Å². The maximum absolute atomic E-state index is 10.1. The number of carboxylic acid groups (broad SMARTS) is 1. The van der Waals surface area contributed by atoms with Gasteiger partial charge in [0.2, 0.25) is 0 Å². The maximum atomic E-state index is 10.1. The number of carbonyl (C=O) groups is 1. The molecule has 0 bridgehead atoms. The summed E-state index contributed by atoms with van der Waals surface area (Å²) in [5.41, 5.74) is 0. The fraction of sp³-hybridized carbons (Fsp3) is 0.900. The minimum atomic E-state index is -0.663. The Morgan fingerprint density at radius 1 is 0.929 bits per heavy atom. The normalized spacial score (nSPS) is 8.64. The van der Waals surface area contributed by atoms with Gasteiger partial charge in [0.1, 0.15) is 0 Å². The van der Waals surface area contributed by atoms with Crippen LogP contribution in [0.1, 0.15) is 58.3 Å². The molecule has 4 heteroatoms. The van der Waals surface area contributed by atoms with Crippen LogP contribution >= 0.6 is 24.8 Å². The minimum Gasteiger partial charge on any atom is -0.481 e. The summed E-state index contributed by atoms with van der Waals surface area (Å²) in [4.78, 5) is 10.1. The molecule has 0 saturated carbocycles. The van der Waals surface area contributed by atoms with Crippen molar-refractivity contribution in [1.29, 1.82) is 0 Å². The Labute approximate surface area is 99.3 Å². The van der Waals surface area contributed by atoms with Crippen molar-refractivity contribution < 1.29 is 9.90 Å². The molecule has 1 N–H and O–H groups in total. The molecule has 14 heavy (non-hydrogen) atoms. The number of halogens is 2. The fourth-order valence-corrected chi connectivity index (χ4v) is 1.23. The molecular formula is C10H22Cl2O2. The Hall–Kier alpha value is 0.0500. The molecule has 0 rings (SSSR count). The van der Waals surface area contributed by atoms with E-state index in [1.165, 1.54) is 32.1 Å². The smallest absolute Gasteiger partial charge is 0.303 e. The van der Waals surface area contributed by atoms with Crippen LogP contribution in [0.3, 0.4) is 0 Å². The molecule has 0 aromatic heterocycles. The lowest BCUT2D eigenvalue weighted by molar-refractivity contribution is -0.137. The summed E-state index contributed by atoms with van der Waals surface area (Å²) < 4.78 is 0. The SMILES string of the molecule is CCCCCCCCCC(=O)O.Cl.Cl. The molecular weight excluding hydrogens is 223 g/mol. The molecule has 0 unspecified atom stereocenters. The Morgan fingerprint density at radius 2 is 1.36 bits per heavy atom. The zero-order valence-electron chi connectivity index (χ0n) is 8.83. The molecule has 0 fully saturated rings. The first-order chi connectivity index (χ1) is 5.77. The van der Waals surface area contributed by atoms with Gasteiger partial charge >= 0.3 is 5.97 Å². The van der Waals surface area contributed by atoms with Gasteiger partial charge in [-0.3, -0.25) is 4.79 Å². The number of carboxylic acids is 1. The lowest BCUT2D eigenvalue weighted by Gasteiger charge is -1.98. The van der Waals surface area contributed by atoms with Crippen LogP contribution in [0, 0.1) is 0 Å². The Kier molecular flexibility index (Phi) is 21.7. The predicted octanol–water partition coefficient (Wildman–Crippen LogP) is 4.06. The third kappa shape index (κ3) is 18.0. The monoisotopic (exact) mass is 244 g/mol. The zero-order chi connectivity index (χ0) is 9.23. The Bertz CT molecular complexity index is 119. The molecule has 0 spiro atoms. The summed E-state index contributed by atoms with van der Waals surface area (Å²) in [5.74, 6) is -0.663. The molecule has 0 aliphatic heterocycles. The van der Waals surface area contributed by atoms with Gasteiger partial charge in [0.15, 0.2) is 0 Å². The second-order valence-electron chi connectivity index (χ2n) is 3.27. The molecule has 2 nitrogen and oxygen atoms in total. The molecule has 0 atom stereocenters. The second kappa shape index (κ2) is 15.5. The summed E-state index contributed by atoms with van der Waals surface area (Å²) in [6.45, 7) is 2.20. The van der Waals surface area contributed by atoms with Crippen molar-refractivity contribution in [3.8, 4) is 0 Å². The van der Waals surface area contributed by atoms with Crippen LogP contribution in [0.15, 0.2) is 0 Å². The van der Waals surface area contributed by atoms with Crippen molar-refractivity contribution in [2.24, 2.45) is 0 Å². The van der Waals surface area contributed by atoms with Crippen LogP contribution < -0.4 is 0 Å². The molecule has 0 aliphatic carbocycles. The topological polar surface area (TPSA) is 37.3 Å². The summed E-state index contributed by atoms with van der Waals surface area (Å²) in [7, 11) is 0. The average molecular weight is 245 g/mol. The van der Waals surface area contributed by atoms with Crippen LogP contribution in [-0.4, -0.2) is 11.1 Å². The van der Waals surface area contributed by atoms with Gasteiger partial charge in [-0.25, -0.2) is 0 Å². The van der Waals surface area contributed by atoms with Crippen molar-refractivity contribution in [3.63, 3.8) is 0 Å². The predicted molar refractivity (Wildman–Crippen MR) is 64.7 cm³/mol. The van der Waals surface area contributed by atoms with Crippen LogP contribution in [0.4, 0.5) is 0 Å².